The number of aryl methyl sites for hydroxylation is 1. The molecule has 0 bridgehead atoms. The molecule has 0 unspecified atom stereocenters. The zero-order valence-electron chi connectivity index (χ0n) is 17.4. The van der Waals surface area contributed by atoms with E-state index in [-0.39, 0.29) is 18.4 Å². The number of esters is 1. The summed E-state index contributed by atoms with van der Waals surface area (Å²) in [6.45, 7) is 4.86. The van der Waals surface area contributed by atoms with E-state index in [0.717, 1.165) is 35.5 Å². The number of nitrogens with zero attached hydrogens (tertiary/aromatic N) is 2. The maximum absolute atomic E-state index is 13.4. The third-order valence-electron chi connectivity index (χ3n) is 5.64. The first kappa shape index (κ1) is 20.0. The van der Waals surface area contributed by atoms with Gasteiger partial charge in [0.15, 0.2) is 0 Å². The number of anilines is 1. The molecule has 0 radical (unpaired) electrons. The fraction of sp³-hybridized carbons (Fsp3) is 0.280. The summed E-state index contributed by atoms with van der Waals surface area (Å²) in [5.41, 5.74) is 5.24. The summed E-state index contributed by atoms with van der Waals surface area (Å²) in [5, 5.41) is 0. The van der Waals surface area contributed by atoms with E-state index in [2.05, 4.69) is 6.07 Å². The molecule has 2 heterocycles. The lowest BCUT2D eigenvalue weighted by Gasteiger charge is -2.30. The molecule has 0 spiro atoms. The number of aromatic nitrogens is 1. The van der Waals surface area contributed by atoms with Gasteiger partial charge in [-0.25, -0.2) is 4.79 Å². The molecule has 3 aromatic rings. The Morgan fingerprint density at radius 3 is 2.53 bits per heavy atom. The first-order valence-corrected chi connectivity index (χ1v) is 10.4. The Hall–Kier alpha value is -3.34. The van der Waals surface area contributed by atoms with Gasteiger partial charge in [-0.15, -0.1) is 0 Å². The van der Waals surface area contributed by atoms with Gasteiger partial charge < -0.3 is 14.2 Å². The van der Waals surface area contributed by atoms with Crippen LogP contribution in [0.4, 0.5) is 5.69 Å². The average molecular weight is 402 g/mol. The predicted octanol–water partition coefficient (Wildman–Crippen LogP) is 4.62. The smallest absolute Gasteiger partial charge is 0.339 e. The minimum Gasteiger partial charge on any atom is -0.462 e. The van der Waals surface area contributed by atoms with Crippen molar-refractivity contribution in [1.82, 2.24) is 4.57 Å². The van der Waals surface area contributed by atoms with E-state index < -0.39 is 0 Å². The molecule has 2 aromatic carbocycles. The molecule has 154 valence electrons. The molecule has 0 aliphatic carbocycles. The second kappa shape index (κ2) is 8.57. The summed E-state index contributed by atoms with van der Waals surface area (Å²) in [4.78, 5) is 27.7. The van der Waals surface area contributed by atoms with Gasteiger partial charge in [0.05, 0.1) is 12.2 Å². The number of hydrogen-bond acceptors (Lipinski definition) is 3. The highest BCUT2D eigenvalue weighted by Gasteiger charge is 2.25. The molecule has 1 aliphatic rings. The molecular formula is C25H26N2O3. The van der Waals surface area contributed by atoms with Crippen molar-refractivity contribution >= 4 is 17.6 Å². The normalized spacial score (nSPS) is 13.1. The van der Waals surface area contributed by atoms with Crippen LogP contribution in [0.2, 0.25) is 0 Å². The first-order valence-electron chi connectivity index (χ1n) is 10.4. The highest BCUT2D eigenvalue weighted by Crippen LogP contribution is 2.29. The van der Waals surface area contributed by atoms with E-state index in [1.165, 1.54) is 5.56 Å². The van der Waals surface area contributed by atoms with Crippen LogP contribution in [-0.2, 0) is 22.5 Å². The van der Waals surface area contributed by atoms with Crippen molar-refractivity contribution in [3.05, 3.63) is 77.5 Å². The van der Waals surface area contributed by atoms with Gasteiger partial charge in [0.2, 0.25) is 5.91 Å². The predicted molar refractivity (Wildman–Crippen MR) is 118 cm³/mol. The van der Waals surface area contributed by atoms with E-state index in [1.807, 2.05) is 71.0 Å². The lowest BCUT2D eigenvalue weighted by atomic mass is 10.0. The standard InChI is InChI=1S/C25H26N2O3/c1-3-30-25(29)21-16-23(20-10-5-4-6-11-20)27(18(21)2)17-24(28)26-15-9-13-19-12-7-8-14-22(19)26/h4-8,10-12,14,16H,3,9,13,15,17H2,1-2H3. The third-order valence-corrected chi connectivity index (χ3v) is 5.64. The molecule has 0 atom stereocenters. The fourth-order valence-electron chi connectivity index (χ4n) is 4.13. The Balaban J connectivity index is 1.71. The summed E-state index contributed by atoms with van der Waals surface area (Å²) in [7, 11) is 0. The Kier molecular flexibility index (Phi) is 5.70. The lowest BCUT2D eigenvalue weighted by Crippen LogP contribution is -2.38. The molecular weight excluding hydrogens is 376 g/mol. The van der Waals surface area contributed by atoms with Crippen LogP contribution in [0.3, 0.4) is 0 Å². The molecule has 1 aliphatic heterocycles. The zero-order chi connectivity index (χ0) is 21.1. The molecule has 5 nitrogen and oxygen atoms in total. The third kappa shape index (κ3) is 3.75. The molecule has 0 fully saturated rings. The van der Waals surface area contributed by atoms with Crippen LogP contribution >= 0.6 is 0 Å². The summed E-state index contributed by atoms with van der Waals surface area (Å²) >= 11 is 0. The van der Waals surface area contributed by atoms with Crippen LogP contribution in [-0.4, -0.2) is 29.6 Å². The van der Waals surface area contributed by atoms with Crippen LogP contribution < -0.4 is 4.90 Å². The molecule has 30 heavy (non-hydrogen) atoms. The van der Waals surface area contributed by atoms with Gasteiger partial charge >= 0.3 is 5.97 Å². The van der Waals surface area contributed by atoms with Crippen molar-refractivity contribution < 1.29 is 14.3 Å². The number of amides is 1. The monoisotopic (exact) mass is 402 g/mol. The number of benzene rings is 2. The van der Waals surface area contributed by atoms with Crippen molar-refractivity contribution in [2.24, 2.45) is 0 Å². The van der Waals surface area contributed by atoms with Gasteiger partial charge in [-0.3, -0.25) is 4.79 Å². The molecule has 1 aromatic heterocycles. The minimum absolute atomic E-state index is 0.0217. The van der Waals surface area contributed by atoms with Crippen LogP contribution in [0.5, 0.6) is 0 Å². The molecule has 1 amide bonds. The van der Waals surface area contributed by atoms with E-state index in [4.69, 9.17) is 4.74 Å². The van der Waals surface area contributed by atoms with E-state index >= 15 is 0 Å². The SMILES string of the molecule is CCOC(=O)c1cc(-c2ccccc2)n(CC(=O)N2CCCc3ccccc32)c1C. The zero-order valence-corrected chi connectivity index (χ0v) is 17.4. The quantitative estimate of drug-likeness (QED) is 0.585. The van der Waals surface area contributed by atoms with Crippen LogP contribution in [0.1, 0.15) is 35.0 Å². The number of ether oxygens (including phenoxy) is 1. The second-order valence-corrected chi connectivity index (χ2v) is 7.48. The Morgan fingerprint density at radius 2 is 1.77 bits per heavy atom. The summed E-state index contributed by atoms with van der Waals surface area (Å²) in [6.07, 6.45) is 1.94. The highest BCUT2D eigenvalue weighted by atomic mass is 16.5. The van der Waals surface area contributed by atoms with Gasteiger partial charge in [0.1, 0.15) is 6.54 Å². The Bertz CT molecular complexity index is 1070. The number of para-hydroxylation sites is 1. The summed E-state index contributed by atoms with van der Waals surface area (Å²) in [5.74, 6) is -0.338. The lowest BCUT2D eigenvalue weighted by molar-refractivity contribution is -0.119. The second-order valence-electron chi connectivity index (χ2n) is 7.48. The largest absolute Gasteiger partial charge is 0.462 e. The fourth-order valence-corrected chi connectivity index (χ4v) is 4.13. The molecule has 0 saturated carbocycles. The Morgan fingerprint density at radius 1 is 1.03 bits per heavy atom. The van der Waals surface area contributed by atoms with E-state index in [1.54, 1.807) is 6.92 Å². The molecule has 5 heteroatoms. The Labute approximate surface area is 176 Å². The number of carbonyl (C=O) groups is 2. The summed E-state index contributed by atoms with van der Waals surface area (Å²) < 4.78 is 7.16. The van der Waals surface area contributed by atoms with Crippen LogP contribution in [0.15, 0.2) is 60.7 Å². The van der Waals surface area contributed by atoms with Crippen molar-refractivity contribution in [3.63, 3.8) is 0 Å². The van der Waals surface area contributed by atoms with Gasteiger partial charge in [-0.2, -0.15) is 0 Å². The summed E-state index contributed by atoms with van der Waals surface area (Å²) in [6, 6.07) is 19.7. The average Bonchev–Trinajstić information content (AvgIpc) is 3.10. The van der Waals surface area contributed by atoms with E-state index in [0.29, 0.717) is 18.7 Å². The van der Waals surface area contributed by atoms with Crippen molar-refractivity contribution in [2.45, 2.75) is 33.2 Å². The van der Waals surface area contributed by atoms with Gasteiger partial charge in [-0.1, -0.05) is 48.5 Å². The van der Waals surface area contributed by atoms with Crippen molar-refractivity contribution in [1.29, 1.82) is 0 Å². The van der Waals surface area contributed by atoms with E-state index in [9.17, 15) is 9.59 Å². The molecule has 4 rings (SSSR count). The first-order chi connectivity index (χ1) is 14.6. The van der Waals surface area contributed by atoms with Gasteiger partial charge in [0, 0.05) is 23.6 Å². The molecule has 0 saturated heterocycles. The van der Waals surface area contributed by atoms with Gasteiger partial charge in [-0.05, 0) is 49.9 Å². The number of fused-ring (bicyclic) bond motifs is 1. The maximum Gasteiger partial charge on any atom is 0.339 e. The number of hydrogen-bond donors (Lipinski definition) is 0. The highest BCUT2D eigenvalue weighted by molar-refractivity contribution is 5.96. The topological polar surface area (TPSA) is 51.5 Å². The van der Waals surface area contributed by atoms with Gasteiger partial charge in [0.25, 0.3) is 0 Å². The maximum atomic E-state index is 13.4. The molecule has 0 N–H and O–H groups in total. The number of carbonyl (C=O) groups excluding carboxylic acids is 2. The number of rotatable bonds is 5. The minimum atomic E-state index is -0.360. The van der Waals surface area contributed by atoms with Crippen LogP contribution in [0.25, 0.3) is 11.3 Å². The van der Waals surface area contributed by atoms with Crippen LogP contribution in [0, 0.1) is 6.92 Å². The van der Waals surface area contributed by atoms with Crippen molar-refractivity contribution in [3.8, 4) is 11.3 Å². The van der Waals surface area contributed by atoms with Crippen molar-refractivity contribution in [2.75, 3.05) is 18.1 Å².